The summed E-state index contributed by atoms with van der Waals surface area (Å²) in [7, 11) is 1.32. The van der Waals surface area contributed by atoms with E-state index in [1.165, 1.54) is 7.11 Å². The lowest BCUT2D eigenvalue weighted by atomic mass is 9.54. The highest BCUT2D eigenvalue weighted by molar-refractivity contribution is 5.91. The van der Waals surface area contributed by atoms with Gasteiger partial charge < -0.3 is 16.2 Å². The molecule has 0 heterocycles. The molecule has 17 heavy (non-hydrogen) atoms. The molecule has 0 aromatic heterocycles. The van der Waals surface area contributed by atoms with Gasteiger partial charge in [-0.1, -0.05) is 12.2 Å². The molecule has 1 fully saturated rings. The summed E-state index contributed by atoms with van der Waals surface area (Å²) in [6, 6.07) is 0. The van der Waals surface area contributed by atoms with Gasteiger partial charge in [0.2, 0.25) is 5.91 Å². The number of ether oxygens (including phenoxy) is 1. The lowest BCUT2D eigenvalue weighted by molar-refractivity contribution is -0.152. The van der Waals surface area contributed by atoms with Crippen LogP contribution in [0.1, 0.15) is 19.3 Å². The van der Waals surface area contributed by atoms with Crippen molar-refractivity contribution in [2.75, 3.05) is 7.11 Å². The minimum Gasteiger partial charge on any atom is -0.468 e. The molecule has 3 aliphatic carbocycles. The fraction of sp³-hybridized carbons (Fsp3) is 0.500. The largest absolute Gasteiger partial charge is 0.468 e. The Morgan fingerprint density at radius 1 is 1.47 bits per heavy atom. The standard InChI is InChI=1S/C12H16N2O3/c1-7-5-11(9(14)15)3-4-12(7,8(13)6-11)10(16)17-2/h6H,1,3-5,13H2,2H3,(H2,14,15). The third-order valence-electron chi connectivity index (χ3n) is 4.03. The summed E-state index contributed by atoms with van der Waals surface area (Å²) in [5.41, 5.74) is 10.6. The maximum absolute atomic E-state index is 11.9. The fourth-order valence-electron chi connectivity index (χ4n) is 2.92. The molecule has 0 radical (unpaired) electrons. The third-order valence-corrected chi connectivity index (χ3v) is 4.03. The lowest BCUT2D eigenvalue weighted by Crippen LogP contribution is -2.53. The van der Waals surface area contributed by atoms with E-state index in [9.17, 15) is 9.59 Å². The first-order valence-corrected chi connectivity index (χ1v) is 5.44. The number of fused-ring (bicyclic) bond motifs is 2. The van der Waals surface area contributed by atoms with Gasteiger partial charge in [-0.05, 0) is 25.3 Å². The summed E-state index contributed by atoms with van der Waals surface area (Å²) in [6.45, 7) is 3.89. The fourth-order valence-corrected chi connectivity index (χ4v) is 2.92. The SMILES string of the molecule is C=C1CC2(C(N)=O)C=C(N)C1(C(=O)OC)CC2. The van der Waals surface area contributed by atoms with E-state index >= 15 is 0 Å². The summed E-state index contributed by atoms with van der Waals surface area (Å²) >= 11 is 0. The Morgan fingerprint density at radius 3 is 2.53 bits per heavy atom. The van der Waals surface area contributed by atoms with Crippen LogP contribution in [-0.2, 0) is 14.3 Å². The first-order chi connectivity index (χ1) is 7.89. The van der Waals surface area contributed by atoms with Crippen LogP contribution in [0.3, 0.4) is 0 Å². The summed E-state index contributed by atoms with van der Waals surface area (Å²) < 4.78 is 4.81. The second-order valence-corrected chi connectivity index (χ2v) is 4.80. The zero-order chi connectivity index (χ0) is 12.8. The number of hydrogen-bond acceptors (Lipinski definition) is 4. The van der Waals surface area contributed by atoms with Crippen molar-refractivity contribution in [3.8, 4) is 0 Å². The minimum atomic E-state index is -0.952. The minimum absolute atomic E-state index is 0.339. The van der Waals surface area contributed by atoms with Gasteiger partial charge in [0, 0.05) is 5.70 Å². The second kappa shape index (κ2) is 3.35. The van der Waals surface area contributed by atoms with Crippen molar-refractivity contribution < 1.29 is 14.3 Å². The van der Waals surface area contributed by atoms with Crippen molar-refractivity contribution in [1.29, 1.82) is 0 Å². The number of methoxy groups -OCH3 is 1. The van der Waals surface area contributed by atoms with Crippen molar-refractivity contribution >= 4 is 11.9 Å². The monoisotopic (exact) mass is 236 g/mol. The molecule has 2 bridgehead atoms. The molecule has 3 rings (SSSR count). The molecule has 5 heteroatoms. The summed E-state index contributed by atoms with van der Waals surface area (Å²) in [5.74, 6) is -0.825. The van der Waals surface area contributed by atoms with Crippen molar-refractivity contribution in [2.45, 2.75) is 19.3 Å². The van der Waals surface area contributed by atoms with Crippen LogP contribution in [0, 0.1) is 10.8 Å². The Morgan fingerprint density at radius 2 is 2.12 bits per heavy atom. The van der Waals surface area contributed by atoms with E-state index in [4.69, 9.17) is 16.2 Å². The van der Waals surface area contributed by atoms with E-state index in [1.807, 2.05) is 0 Å². The van der Waals surface area contributed by atoms with E-state index in [0.29, 0.717) is 30.5 Å². The van der Waals surface area contributed by atoms with Crippen LogP contribution < -0.4 is 11.5 Å². The highest BCUT2D eigenvalue weighted by Gasteiger charge is 2.57. The smallest absolute Gasteiger partial charge is 0.321 e. The Labute approximate surface area is 99.5 Å². The molecule has 0 saturated heterocycles. The van der Waals surface area contributed by atoms with Gasteiger partial charge in [0.1, 0.15) is 5.41 Å². The van der Waals surface area contributed by atoms with E-state index in [0.717, 1.165) is 0 Å². The Hall–Kier alpha value is -1.78. The molecule has 4 N–H and O–H groups in total. The average Bonchev–Trinajstić information content (AvgIpc) is 2.28. The Kier molecular flexibility index (Phi) is 2.31. The van der Waals surface area contributed by atoms with Crippen molar-refractivity contribution in [1.82, 2.24) is 0 Å². The van der Waals surface area contributed by atoms with Gasteiger partial charge in [0.25, 0.3) is 0 Å². The summed E-state index contributed by atoms with van der Waals surface area (Å²) in [6.07, 6.45) is 2.93. The van der Waals surface area contributed by atoms with Crippen LogP contribution >= 0.6 is 0 Å². The van der Waals surface area contributed by atoms with E-state index in [2.05, 4.69) is 6.58 Å². The summed E-state index contributed by atoms with van der Waals surface area (Å²) in [4.78, 5) is 23.5. The second-order valence-electron chi connectivity index (χ2n) is 4.80. The average molecular weight is 236 g/mol. The van der Waals surface area contributed by atoms with Crippen LogP contribution in [0.5, 0.6) is 0 Å². The van der Waals surface area contributed by atoms with Crippen molar-refractivity contribution in [3.63, 3.8) is 0 Å². The van der Waals surface area contributed by atoms with Gasteiger partial charge in [-0.3, -0.25) is 9.59 Å². The molecular weight excluding hydrogens is 220 g/mol. The van der Waals surface area contributed by atoms with Gasteiger partial charge >= 0.3 is 5.97 Å². The predicted molar refractivity (Wildman–Crippen MR) is 61.3 cm³/mol. The number of carbonyl (C=O) groups is 2. The zero-order valence-electron chi connectivity index (χ0n) is 9.79. The molecule has 1 amide bonds. The molecule has 0 spiro atoms. The van der Waals surface area contributed by atoms with E-state index in [1.54, 1.807) is 6.08 Å². The number of esters is 1. The maximum atomic E-state index is 11.9. The highest BCUT2D eigenvalue weighted by Crippen LogP contribution is 2.57. The molecule has 1 saturated carbocycles. The van der Waals surface area contributed by atoms with Crippen LogP contribution in [-0.4, -0.2) is 19.0 Å². The Balaban J connectivity index is 2.55. The molecule has 0 aliphatic heterocycles. The molecule has 2 unspecified atom stereocenters. The summed E-state index contributed by atoms with van der Waals surface area (Å²) in [5, 5.41) is 0. The number of rotatable bonds is 2. The first kappa shape index (κ1) is 11.7. The molecule has 92 valence electrons. The topological polar surface area (TPSA) is 95.4 Å². The number of primary amides is 1. The number of hydrogen-bond donors (Lipinski definition) is 2. The molecule has 3 aliphatic rings. The maximum Gasteiger partial charge on any atom is 0.321 e. The quantitative estimate of drug-likeness (QED) is 0.529. The molecular formula is C12H16N2O3. The van der Waals surface area contributed by atoms with Crippen molar-refractivity contribution in [2.24, 2.45) is 22.3 Å². The zero-order valence-corrected chi connectivity index (χ0v) is 9.79. The van der Waals surface area contributed by atoms with Gasteiger partial charge in [-0.2, -0.15) is 0 Å². The highest BCUT2D eigenvalue weighted by atomic mass is 16.5. The number of nitrogens with two attached hydrogens (primary N) is 2. The van der Waals surface area contributed by atoms with Crippen LogP contribution in [0.15, 0.2) is 23.9 Å². The van der Waals surface area contributed by atoms with Crippen LogP contribution in [0.25, 0.3) is 0 Å². The van der Waals surface area contributed by atoms with Gasteiger partial charge in [-0.25, -0.2) is 0 Å². The van der Waals surface area contributed by atoms with E-state index in [-0.39, 0.29) is 0 Å². The lowest BCUT2D eigenvalue weighted by Gasteiger charge is -2.49. The first-order valence-electron chi connectivity index (χ1n) is 5.44. The number of amides is 1. The van der Waals surface area contributed by atoms with Crippen LogP contribution in [0.2, 0.25) is 0 Å². The molecule has 2 atom stereocenters. The van der Waals surface area contributed by atoms with E-state index < -0.39 is 22.7 Å². The predicted octanol–water partition coefficient (Wildman–Crippen LogP) is 0.214. The van der Waals surface area contributed by atoms with Crippen molar-refractivity contribution in [3.05, 3.63) is 23.9 Å². The molecule has 5 nitrogen and oxygen atoms in total. The van der Waals surface area contributed by atoms with Gasteiger partial charge in [0.15, 0.2) is 0 Å². The van der Waals surface area contributed by atoms with Crippen LogP contribution in [0.4, 0.5) is 0 Å². The van der Waals surface area contributed by atoms with Gasteiger partial charge in [0.05, 0.1) is 12.5 Å². The third kappa shape index (κ3) is 1.25. The Bertz CT molecular complexity index is 455. The number of carbonyl (C=O) groups excluding carboxylic acids is 2. The van der Waals surface area contributed by atoms with Gasteiger partial charge in [-0.15, -0.1) is 0 Å². The molecule has 0 aromatic rings. The molecule has 0 aromatic carbocycles. The normalized spacial score (nSPS) is 35.4.